The first-order chi connectivity index (χ1) is 9.70. The van der Waals surface area contributed by atoms with E-state index in [0.717, 1.165) is 36.6 Å². The van der Waals surface area contributed by atoms with Gasteiger partial charge in [0.15, 0.2) is 0 Å². The molecule has 5 nitrogen and oxygen atoms in total. The molecule has 2 heterocycles. The van der Waals surface area contributed by atoms with Crippen molar-refractivity contribution in [3.8, 4) is 0 Å². The number of rotatable bonds is 3. The first-order valence-electron chi connectivity index (χ1n) is 7.72. The Kier molecular flexibility index (Phi) is 3.78. The summed E-state index contributed by atoms with van der Waals surface area (Å²) in [7, 11) is 0. The molecular weight excluding hydrogens is 252 g/mol. The van der Waals surface area contributed by atoms with Crippen molar-refractivity contribution in [3.05, 3.63) is 11.4 Å². The number of aliphatic hydroxyl groups is 1. The predicted octanol–water partition coefficient (Wildman–Crippen LogP) is 1.99. The average molecular weight is 276 g/mol. The Morgan fingerprint density at radius 3 is 2.70 bits per heavy atom. The smallest absolute Gasteiger partial charge is 0.137 e. The van der Waals surface area contributed by atoms with Crippen LogP contribution in [0.4, 0.5) is 11.6 Å². The molecule has 1 atom stereocenters. The van der Waals surface area contributed by atoms with Gasteiger partial charge < -0.3 is 15.7 Å². The molecule has 0 aromatic carbocycles. The molecule has 3 N–H and O–H groups in total. The SMILES string of the molecule is Cc1c(N)nc(C2CC2)nc1N1CCCCCC1CO. The molecule has 1 aromatic rings. The second-order valence-corrected chi connectivity index (χ2v) is 6.07. The molecule has 3 rings (SSSR count). The highest BCUT2D eigenvalue weighted by molar-refractivity contribution is 5.57. The molecule has 5 heteroatoms. The van der Waals surface area contributed by atoms with Gasteiger partial charge in [-0.1, -0.05) is 12.8 Å². The Morgan fingerprint density at radius 1 is 1.20 bits per heavy atom. The Bertz CT molecular complexity index is 487. The van der Waals surface area contributed by atoms with E-state index in [2.05, 4.69) is 9.88 Å². The molecule has 1 saturated carbocycles. The van der Waals surface area contributed by atoms with E-state index >= 15 is 0 Å². The summed E-state index contributed by atoms with van der Waals surface area (Å²) in [5.41, 5.74) is 7.03. The van der Waals surface area contributed by atoms with Crippen LogP contribution in [-0.2, 0) is 0 Å². The molecule has 20 heavy (non-hydrogen) atoms. The Morgan fingerprint density at radius 2 is 2.00 bits per heavy atom. The van der Waals surface area contributed by atoms with Crippen molar-refractivity contribution in [2.24, 2.45) is 0 Å². The van der Waals surface area contributed by atoms with Gasteiger partial charge in [0.05, 0.1) is 12.6 Å². The predicted molar refractivity (Wildman–Crippen MR) is 79.8 cm³/mol. The van der Waals surface area contributed by atoms with Crippen molar-refractivity contribution in [1.29, 1.82) is 0 Å². The lowest BCUT2D eigenvalue weighted by molar-refractivity contribution is 0.254. The summed E-state index contributed by atoms with van der Waals surface area (Å²) in [5, 5.41) is 9.68. The zero-order chi connectivity index (χ0) is 14.1. The van der Waals surface area contributed by atoms with Crippen molar-refractivity contribution in [2.45, 2.75) is 57.4 Å². The molecule has 0 amide bonds. The van der Waals surface area contributed by atoms with E-state index in [1.165, 1.54) is 25.7 Å². The minimum Gasteiger partial charge on any atom is -0.394 e. The molecular formula is C15H24N4O. The fourth-order valence-electron chi connectivity index (χ4n) is 2.99. The third kappa shape index (κ3) is 2.59. The highest BCUT2D eigenvalue weighted by atomic mass is 16.3. The molecule has 2 fully saturated rings. The van der Waals surface area contributed by atoms with Gasteiger partial charge in [-0.25, -0.2) is 9.97 Å². The highest BCUT2D eigenvalue weighted by Crippen LogP contribution is 2.40. The summed E-state index contributed by atoms with van der Waals surface area (Å²) in [5.74, 6) is 2.93. The van der Waals surface area contributed by atoms with Crippen LogP contribution in [0.1, 0.15) is 55.8 Å². The fraction of sp³-hybridized carbons (Fsp3) is 0.733. The Hall–Kier alpha value is -1.36. The van der Waals surface area contributed by atoms with Crippen molar-refractivity contribution in [2.75, 3.05) is 23.8 Å². The molecule has 2 aliphatic rings. The lowest BCUT2D eigenvalue weighted by Crippen LogP contribution is -2.39. The number of nitrogens with two attached hydrogens (primary N) is 1. The van der Waals surface area contributed by atoms with Gasteiger partial charge in [0.1, 0.15) is 17.5 Å². The molecule has 1 saturated heterocycles. The number of nitrogen functional groups attached to an aromatic ring is 1. The molecule has 0 radical (unpaired) electrons. The molecule has 110 valence electrons. The summed E-state index contributed by atoms with van der Waals surface area (Å²) in [6.07, 6.45) is 6.92. The fourth-order valence-corrected chi connectivity index (χ4v) is 2.99. The number of aromatic nitrogens is 2. The van der Waals surface area contributed by atoms with Crippen LogP contribution < -0.4 is 10.6 Å². The van der Waals surface area contributed by atoms with E-state index in [9.17, 15) is 5.11 Å². The number of anilines is 2. The van der Waals surface area contributed by atoms with Crippen LogP contribution in [0.2, 0.25) is 0 Å². The summed E-state index contributed by atoms with van der Waals surface area (Å²) in [4.78, 5) is 11.5. The Labute approximate surface area is 120 Å². The topological polar surface area (TPSA) is 75.3 Å². The van der Waals surface area contributed by atoms with Crippen LogP contribution in [0.25, 0.3) is 0 Å². The van der Waals surface area contributed by atoms with E-state index in [1.807, 2.05) is 6.92 Å². The van der Waals surface area contributed by atoms with Gasteiger partial charge in [0.25, 0.3) is 0 Å². The van der Waals surface area contributed by atoms with Crippen LogP contribution in [0.15, 0.2) is 0 Å². The monoisotopic (exact) mass is 276 g/mol. The number of hydrogen-bond donors (Lipinski definition) is 2. The lowest BCUT2D eigenvalue weighted by atomic mass is 10.1. The molecule has 0 spiro atoms. The normalized spacial score (nSPS) is 23.7. The van der Waals surface area contributed by atoms with E-state index in [-0.39, 0.29) is 12.6 Å². The van der Waals surface area contributed by atoms with Gasteiger partial charge in [-0.15, -0.1) is 0 Å². The number of aliphatic hydroxyl groups excluding tert-OH is 1. The third-order valence-electron chi connectivity index (χ3n) is 4.48. The average Bonchev–Trinajstić information content (AvgIpc) is 3.27. The third-order valence-corrected chi connectivity index (χ3v) is 4.48. The van der Waals surface area contributed by atoms with Gasteiger partial charge in [0, 0.05) is 18.0 Å². The standard InChI is InChI=1S/C15H24N4O/c1-10-13(16)17-14(11-6-7-11)18-15(10)19-8-4-2-3-5-12(19)9-20/h11-12,20H,2-9H2,1H3,(H2,16,17,18). The molecule has 1 aliphatic carbocycles. The van der Waals surface area contributed by atoms with Gasteiger partial charge in [-0.05, 0) is 32.6 Å². The summed E-state index contributed by atoms with van der Waals surface area (Å²) >= 11 is 0. The first-order valence-corrected chi connectivity index (χ1v) is 7.72. The van der Waals surface area contributed by atoms with Gasteiger partial charge >= 0.3 is 0 Å². The van der Waals surface area contributed by atoms with E-state index in [4.69, 9.17) is 10.7 Å². The Balaban J connectivity index is 1.97. The van der Waals surface area contributed by atoms with Crippen LogP contribution in [-0.4, -0.2) is 34.3 Å². The maximum Gasteiger partial charge on any atom is 0.137 e. The molecule has 1 unspecified atom stereocenters. The minimum absolute atomic E-state index is 0.164. The second kappa shape index (κ2) is 5.56. The van der Waals surface area contributed by atoms with E-state index in [1.54, 1.807) is 0 Å². The van der Waals surface area contributed by atoms with Gasteiger partial charge in [-0.2, -0.15) is 0 Å². The van der Waals surface area contributed by atoms with Crippen molar-refractivity contribution < 1.29 is 5.11 Å². The van der Waals surface area contributed by atoms with Gasteiger partial charge in [-0.3, -0.25) is 0 Å². The minimum atomic E-state index is 0.164. The number of hydrogen-bond acceptors (Lipinski definition) is 5. The zero-order valence-corrected chi connectivity index (χ0v) is 12.2. The van der Waals surface area contributed by atoms with Crippen molar-refractivity contribution in [3.63, 3.8) is 0 Å². The molecule has 1 aliphatic heterocycles. The first kappa shape index (κ1) is 13.6. The van der Waals surface area contributed by atoms with Crippen LogP contribution >= 0.6 is 0 Å². The quantitative estimate of drug-likeness (QED) is 0.883. The highest BCUT2D eigenvalue weighted by Gasteiger charge is 2.30. The van der Waals surface area contributed by atoms with Crippen LogP contribution in [0.3, 0.4) is 0 Å². The van der Waals surface area contributed by atoms with Crippen LogP contribution in [0.5, 0.6) is 0 Å². The second-order valence-electron chi connectivity index (χ2n) is 6.07. The zero-order valence-electron chi connectivity index (χ0n) is 12.2. The van der Waals surface area contributed by atoms with Crippen molar-refractivity contribution in [1.82, 2.24) is 9.97 Å². The van der Waals surface area contributed by atoms with Gasteiger partial charge in [0.2, 0.25) is 0 Å². The van der Waals surface area contributed by atoms with Crippen LogP contribution in [0, 0.1) is 6.92 Å². The number of nitrogens with zero attached hydrogens (tertiary/aromatic N) is 3. The maximum atomic E-state index is 9.68. The van der Waals surface area contributed by atoms with E-state index in [0.29, 0.717) is 11.7 Å². The molecule has 1 aromatic heterocycles. The maximum absolute atomic E-state index is 9.68. The van der Waals surface area contributed by atoms with Crippen molar-refractivity contribution >= 4 is 11.6 Å². The van der Waals surface area contributed by atoms with E-state index < -0.39 is 0 Å². The largest absolute Gasteiger partial charge is 0.394 e. The summed E-state index contributed by atoms with van der Waals surface area (Å²) in [6, 6.07) is 0.164. The molecule has 0 bridgehead atoms. The lowest BCUT2D eigenvalue weighted by Gasteiger charge is -2.31. The summed E-state index contributed by atoms with van der Waals surface area (Å²) in [6.45, 7) is 3.12. The summed E-state index contributed by atoms with van der Waals surface area (Å²) < 4.78 is 0.